The van der Waals surface area contributed by atoms with Gasteiger partial charge in [-0.2, -0.15) is 5.10 Å². The van der Waals surface area contributed by atoms with Crippen molar-refractivity contribution in [1.82, 2.24) is 20.4 Å². The molecule has 0 saturated carbocycles. The minimum atomic E-state index is -0.721. The first-order chi connectivity index (χ1) is 15.0. The number of hydrogen-bond acceptors (Lipinski definition) is 5. The van der Waals surface area contributed by atoms with Crippen LogP contribution in [0.1, 0.15) is 11.1 Å². The number of nitrogens with one attached hydrogen (secondary N) is 2. The van der Waals surface area contributed by atoms with Gasteiger partial charge in [0.2, 0.25) is 0 Å². The van der Waals surface area contributed by atoms with E-state index in [9.17, 15) is 14.4 Å². The van der Waals surface area contributed by atoms with E-state index in [-0.39, 0.29) is 0 Å². The first-order valence-electron chi connectivity index (χ1n) is 9.58. The molecule has 8 nitrogen and oxygen atoms in total. The zero-order valence-electron chi connectivity index (χ0n) is 16.9. The Morgan fingerprint density at radius 2 is 1.71 bits per heavy atom. The highest BCUT2D eigenvalue weighted by molar-refractivity contribution is 5.96. The van der Waals surface area contributed by atoms with Crippen molar-refractivity contribution < 1.29 is 19.1 Å². The van der Waals surface area contributed by atoms with Crippen LogP contribution in [0.2, 0.25) is 0 Å². The second kappa shape index (κ2) is 10.5. The average molecular weight is 418 g/mol. The highest BCUT2D eigenvalue weighted by Crippen LogP contribution is 2.23. The van der Waals surface area contributed by atoms with Gasteiger partial charge in [-0.1, -0.05) is 60.7 Å². The Morgan fingerprint density at radius 3 is 2.39 bits per heavy atom. The first-order valence-corrected chi connectivity index (χ1v) is 9.58. The number of carbonyl (C=O) groups excluding carboxylic acids is 3. The Bertz CT molecular complexity index is 1080. The molecule has 0 aliphatic rings. The predicted octanol–water partition coefficient (Wildman–Crippen LogP) is 2.61. The van der Waals surface area contributed by atoms with Crippen LogP contribution in [0.5, 0.6) is 0 Å². The first kappa shape index (κ1) is 21.5. The van der Waals surface area contributed by atoms with Gasteiger partial charge in [0.15, 0.2) is 6.61 Å². The number of esters is 1. The molecule has 1 aromatic heterocycles. The molecule has 158 valence electrons. The summed E-state index contributed by atoms with van der Waals surface area (Å²) in [5, 5.41) is 8.92. The molecule has 0 radical (unpaired) electrons. The van der Waals surface area contributed by atoms with Crippen LogP contribution in [-0.2, 0) is 20.9 Å². The molecule has 2 aromatic carbocycles. The molecule has 0 aliphatic heterocycles. The van der Waals surface area contributed by atoms with Crippen LogP contribution in [0, 0.1) is 0 Å². The predicted molar refractivity (Wildman–Crippen MR) is 116 cm³/mol. The number of nitrogens with zero attached hydrogens (tertiary/aromatic N) is 2. The zero-order chi connectivity index (χ0) is 22.1. The molecule has 8 heteroatoms. The van der Waals surface area contributed by atoms with Gasteiger partial charge in [0.05, 0.1) is 12.2 Å². The smallest absolute Gasteiger partial charge is 0.331 e. The minimum Gasteiger partial charge on any atom is -0.452 e. The molecule has 3 aromatic rings. The summed E-state index contributed by atoms with van der Waals surface area (Å²) in [7, 11) is 1.37. The van der Waals surface area contributed by atoms with Crippen molar-refractivity contribution in [1.29, 1.82) is 0 Å². The number of ether oxygens (including phenoxy) is 1. The summed E-state index contributed by atoms with van der Waals surface area (Å²) in [6.45, 7) is 0.0219. The average Bonchev–Trinajstić information content (AvgIpc) is 3.20. The fourth-order valence-corrected chi connectivity index (χ4v) is 2.80. The van der Waals surface area contributed by atoms with Crippen molar-refractivity contribution >= 4 is 24.0 Å². The molecule has 3 amide bonds. The summed E-state index contributed by atoms with van der Waals surface area (Å²) in [5.74, 6) is -1.43. The van der Waals surface area contributed by atoms with Crippen molar-refractivity contribution in [2.24, 2.45) is 0 Å². The number of hydrogen-bond donors (Lipinski definition) is 2. The van der Waals surface area contributed by atoms with Gasteiger partial charge >= 0.3 is 12.0 Å². The SMILES string of the molecule is CNC(=O)NC(=O)COC(=O)/C=C/c1cn(Cc2ccccc2)nc1-c1ccccc1. The fourth-order valence-electron chi connectivity index (χ4n) is 2.80. The summed E-state index contributed by atoms with van der Waals surface area (Å²) in [5.41, 5.74) is 3.46. The number of imide groups is 1. The van der Waals surface area contributed by atoms with Crippen molar-refractivity contribution in [3.05, 3.63) is 84.1 Å². The van der Waals surface area contributed by atoms with Gasteiger partial charge in [-0.05, 0) is 11.6 Å². The second-order valence-electron chi connectivity index (χ2n) is 6.55. The summed E-state index contributed by atoms with van der Waals surface area (Å²) in [4.78, 5) is 34.6. The second-order valence-corrected chi connectivity index (χ2v) is 6.55. The van der Waals surface area contributed by atoms with Crippen molar-refractivity contribution in [3.8, 4) is 11.3 Å². The zero-order valence-corrected chi connectivity index (χ0v) is 16.9. The lowest BCUT2D eigenvalue weighted by molar-refractivity contribution is -0.143. The number of benzene rings is 2. The van der Waals surface area contributed by atoms with Gasteiger partial charge in [0.25, 0.3) is 5.91 Å². The van der Waals surface area contributed by atoms with Crippen molar-refractivity contribution in [2.45, 2.75) is 6.54 Å². The van der Waals surface area contributed by atoms with E-state index >= 15 is 0 Å². The third-order valence-corrected chi connectivity index (χ3v) is 4.25. The van der Waals surface area contributed by atoms with Crippen molar-refractivity contribution in [3.63, 3.8) is 0 Å². The molecule has 31 heavy (non-hydrogen) atoms. The molecule has 0 fully saturated rings. The van der Waals surface area contributed by atoms with Crippen molar-refractivity contribution in [2.75, 3.05) is 13.7 Å². The molecule has 0 aliphatic carbocycles. The summed E-state index contributed by atoms with van der Waals surface area (Å²) in [6.07, 6.45) is 4.66. The van der Waals surface area contributed by atoms with Crippen LogP contribution in [0.25, 0.3) is 17.3 Å². The molecule has 0 unspecified atom stereocenters. The van der Waals surface area contributed by atoms with E-state index in [1.165, 1.54) is 13.1 Å². The highest BCUT2D eigenvalue weighted by Gasteiger charge is 2.11. The molecule has 0 atom stereocenters. The van der Waals surface area contributed by atoms with Crippen LogP contribution >= 0.6 is 0 Å². The lowest BCUT2D eigenvalue weighted by atomic mass is 10.1. The molecule has 2 N–H and O–H groups in total. The third kappa shape index (κ3) is 6.40. The van der Waals surface area contributed by atoms with Gasteiger partial charge in [-0.15, -0.1) is 0 Å². The van der Waals surface area contributed by atoms with Crippen LogP contribution in [-0.4, -0.2) is 41.3 Å². The standard InChI is InChI=1S/C23H22N4O4/c1-24-23(30)25-20(28)16-31-21(29)13-12-19-15-27(14-17-8-4-2-5-9-17)26-22(19)18-10-6-3-7-11-18/h2-13,15H,14,16H2,1H3,(H2,24,25,28,30)/b13-12+. The van der Waals surface area contributed by atoms with E-state index in [0.717, 1.165) is 22.4 Å². The van der Waals surface area contributed by atoms with Crippen LogP contribution < -0.4 is 10.6 Å². The van der Waals surface area contributed by atoms with Crippen LogP contribution in [0.3, 0.4) is 0 Å². The number of carbonyl (C=O) groups is 3. The number of aromatic nitrogens is 2. The Kier molecular flexibility index (Phi) is 7.31. The molecule has 1 heterocycles. The summed E-state index contributed by atoms with van der Waals surface area (Å²) in [6, 6.07) is 18.9. The largest absolute Gasteiger partial charge is 0.452 e. The number of amides is 3. The van der Waals surface area contributed by atoms with Gasteiger partial charge in [0, 0.05) is 30.4 Å². The van der Waals surface area contributed by atoms with Gasteiger partial charge < -0.3 is 10.1 Å². The highest BCUT2D eigenvalue weighted by atomic mass is 16.5. The van der Waals surface area contributed by atoms with E-state index in [0.29, 0.717) is 6.54 Å². The van der Waals surface area contributed by atoms with E-state index in [4.69, 9.17) is 4.74 Å². The molecule has 0 bridgehead atoms. The van der Waals surface area contributed by atoms with Gasteiger partial charge in [0.1, 0.15) is 0 Å². The number of rotatable bonds is 7. The lowest BCUT2D eigenvalue weighted by Gasteiger charge is -2.03. The van der Waals surface area contributed by atoms with E-state index in [1.807, 2.05) is 72.2 Å². The maximum Gasteiger partial charge on any atom is 0.331 e. The summed E-state index contributed by atoms with van der Waals surface area (Å²) >= 11 is 0. The Hall–Kier alpha value is -4.20. The molecule has 3 rings (SSSR count). The number of urea groups is 1. The maximum absolute atomic E-state index is 12.0. The Morgan fingerprint density at radius 1 is 1.03 bits per heavy atom. The normalized spacial score (nSPS) is 10.6. The lowest BCUT2D eigenvalue weighted by Crippen LogP contribution is -2.39. The molecular formula is C23H22N4O4. The van der Waals surface area contributed by atoms with E-state index < -0.39 is 24.5 Å². The fraction of sp³-hybridized carbons (Fsp3) is 0.130. The van der Waals surface area contributed by atoms with Gasteiger partial charge in [-0.25, -0.2) is 9.59 Å². The summed E-state index contributed by atoms with van der Waals surface area (Å²) < 4.78 is 6.68. The minimum absolute atomic E-state index is 0.560. The Balaban J connectivity index is 1.73. The quantitative estimate of drug-likeness (QED) is 0.454. The molecule has 0 spiro atoms. The molecule has 0 saturated heterocycles. The van der Waals surface area contributed by atoms with E-state index in [2.05, 4.69) is 10.4 Å². The maximum atomic E-state index is 12.0. The van der Waals surface area contributed by atoms with Gasteiger partial charge in [-0.3, -0.25) is 14.8 Å². The third-order valence-electron chi connectivity index (χ3n) is 4.25. The van der Waals surface area contributed by atoms with E-state index in [1.54, 1.807) is 10.8 Å². The van der Waals surface area contributed by atoms with Crippen LogP contribution in [0.15, 0.2) is 72.9 Å². The Labute approximate surface area is 179 Å². The van der Waals surface area contributed by atoms with Crippen LogP contribution in [0.4, 0.5) is 4.79 Å². The monoisotopic (exact) mass is 418 g/mol. The topological polar surface area (TPSA) is 102 Å². The molecular weight excluding hydrogens is 396 g/mol.